The molecule has 11 nitrogen and oxygen atoms in total. The standard InChI is InChI=1S/C30H41N3O8/c1-9-38-24-17-19(13-14-23(24)37-8)22(32-18-20-11-10-12-21(31)25(20)26(32)34)15-16-33(27(35)39-29(2,3)4)41-28(36)40-30(5,6)7/h10-14,17,22H,9,15-16,18,31H2,1-8H3/t22-/m1/s1. The minimum Gasteiger partial charge on any atom is -0.493 e. The Morgan fingerprint density at radius 2 is 1.71 bits per heavy atom. The zero-order chi connectivity index (χ0) is 30.5. The summed E-state index contributed by atoms with van der Waals surface area (Å²) in [6, 6.07) is 10.2. The normalized spacial score (nSPS) is 13.8. The molecule has 0 fully saturated rings. The predicted molar refractivity (Wildman–Crippen MR) is 153 cm³/mol. The Morgan fingerprint density at radius 3 is 2.29 bits per heavy atom. The summed E-state index contributed by atoms with van der Waals surface area (Å²) in [5, 5.41) is 0.821. The van der Waals surface area contributed by atoms with E-state index in [0.29, 0.717) is 35.9 Å². The van der Waals surface area contributed by atoms with E-state index in [2.05, 4.69) is 0 Å². The van der Waals surface area contributed by atoms with Crippen LogP contribution < -0.4 is 15.2 Å². The Kier molecular flexibility index (Phi) is 9.62. The number of hydroxylamine groups is 2. The number of benzene rings is 2. The van der Waals surface area contributed by atoms with E-state index in [-0.39, 0.29) is 18.9 Å². The monoisotopic (exact) mass is 571 g/mol. The number of hydrogen-bond acceptors (Lipinski definition) is 9. The van der Waals surface area contributed by atoms with Crippen LogP contribution in [-0.4, -0.2) is 59.6 Å². The number of methoxy groups -OCH3 is 1. The number of anilines is 1. The van der Waals surface area contributed by atoms with Crippen molar-refractivity contribution in [1.82, 2.24) is 9.96 Å². The molecular weight excluding hydrogens is 530 g/mol. The van der Waals surface area contributed by atoms with E-state index >= 15 is 0 Å². The smallest absolute Gasteiger partial charge is 0.493 e. The second-order valence-electron chi connectivity index (χ2n) is 11.6. The minimum absolute atomic E-state index is 0.107. The molecule has 2 aromatic rings. The molecule has 1 atom stereocenters. The van der Waals surface area contributed by atoms with Crippen LogP contribution in [0.5, 0.6) is 11.5 Å². The van der Waals surface area contributed by atoms with Gasteiger partial charge in [-0.05, 0) is 84.2 Å². The fourth-order valence-corrected chi connectivity index (χ4v) is 4.42. The number of amides is 2. The first kappa shape index (κ1) is 31.4. The van der Waals surface area contributed by atoms with Crippen molar-refractivity contribution < 1.29 is 38.2 Å². The third-order valence-corrected chi connectivity index (χ3v) is 6.02. The fourth-order valence-electron chi connectivity index (χ4n) is 4.42. The van der Waals surface area contributed by atoms with Gasteiger partial charge in [0.25, 0.3) is 5.91 Å². The van der Waals surface area contributed by atoms with E-state index in [4.69, 9.17) is 29.5 Å². The van der Waals surface area contributed by atoms with Crippen LogP contribution in [0.15, 0.2) is 36.4 Å². The van der Waals surface area contributed by atoms with Crippen molar-refractivity contribution in [2.24, 2.45) is 0 Å². The van der Waals surface area contributed by atoms with Crippen molar-refractivity contribution in [3.05, 3.63) is 53.1 Å². The maximum absolute atomic E-state index is 13.6. The fraction of sp³-hybridized carbons (Fsp3) is 0.500. The Balaban J connectivity index is 1.98. The van der Waals surface area contributed by atoms with Crippen LogP contribution in [0, 0.1) is 0 Å². The number of nitrogens with zero attached hydrogens (tertiary/aromatic N) is 2. The van der Waals surface area contributed by atoms with Gasteiger partial charge in [-0.2, -0.15) is 0 Å². The van der Waals surface area contributed by atoms with Crippen molar-refractivity contribution in [3.63, 3.8) is 0 Å². The van der Waals surface area contributed by atoms with E-state index in [9.17, 15) is 14.4 Å². The Bertz CT molecular complexity index is 1270. The van der Waals surface area contributed by atoms with Crippen LogP contribution in [0.1, 0.15) is 82.4 Å². The lowest BCUT2D eigenvalue weighted by atomic mass is 10.0. The van der Waals surface area contributed by atoms with Crippen molar-refractivity contribution >= 4 is 23.8 Å². The maximum atomic E-state index is 13.6. The summed E-state index contributed by atoms with van der Waals surface area (Å²) in [5.41, 5.74) is 6.85. The summed E-state index contributed by atoms with van der Waals surface area (Å²) in [7, 11) is 1.55. The first-order chi connectivity index (χ1) is 19.1. The number of fused-ring (bicyclic) bond motifs is 1. The summed E-state index contributed by atoms with van der Waals surface area (Å²) in [6.45, 7) is 12.6. The van der Waals surface area contributed by atoms with Gasteiger partial charge in [0.15, 0.2) is 11.5 Å². The van der Waals surface area contributed by atoms with Crippen molar-refractivity contribution in [1.29, 1.82) is 0 Å². The summed E-state index contributed by atoms with van der Waals surface area (Å²) in [6.07, 6.45) is -1.74. The molecule has 11 heteroatoms. The Labute approximate surface area is 241 Å². The number of hydrogen-bond donors (Lipinski definition) is 1. The first-order valence-corrected chi connectivity index (χ1v) is 13.5. The van der Waals surface area contributed by atoms with Gasteiger partial charge in [-0.3, -0.25) is 4.79 Å². The second-order valence-corrected chi connectivity index (χ2v) is 11.6. The van der Waals surface area contributed by atoms with Gasteiger partial charge >= 0.3 is 12.2 Å². The van der Waals surface area contributed by atoms with E-state index in [1.807, 2.05) is 19.1 Å². The van der Waals surface area contributed by atoms with Crippen LogP contribution in [0.25, 0.3) is 0 Å². The highest BCUT2D eigenvalue weighted by Crippen LogP contribution is 2.39. The van der Waals surface area contributed by atoms with Crippen LogP contribution >= 0.6 is 0 Å². The van der Waals surface area contributed by atoms with Gasteiger partial charge in [0, 0.05) is 12.2 Å². The molecule has 1 aliphatic rings. The van der Waals surface area contributed by atoms with Gasteiger partial charge in [0.2, 0.25) is 0 Å². The molecule has 41 heavy (non-hydrogen) atoms. The van der Waals surface area contributed by atoms with Gasteiger partial charge in [-0.25, -0.2) is 9.59 Å². The summed E-state index contributed by atoms with van der Waals surface area (Å²) in [4.78, 5) is 46.3. The Hall–Kier alpha value is -4.15. The minimum atomic E-state index is -1.06. The number of nitrogens with two attached hydrogens (primary N) is 1. The molecule has 3 rings (SSSR count). The van der Waals surface area contributed by atoms with Crippen molar-refractivity contribution in [2.45, 2.75) is 78.7 Å². The highest BCUT2D eigenvalue weighted by Gasteiger charge is 2.37. The molecule has 1 aliphatic heterocycles. The molecule has 2 amide bonds. The molecule has 224 valence electrons. The van der Waals surface area contributed by atoms with E-state index < -0.39 is 29.5 Å². The number of carbonyl (C=O) groups is 3. The zero-order valence-corrected chi connectivity index (χ0v) is 25.1. The largest absolute Gasteiger partial charge is 0.534 e. The van der Waals surface area contributed by atoms with Gasteiger partial charge in [0.05, 0.1) is 31.9 Å². The van der Waals surface area contributed by atoms with E-state index in [1.165, 1.54) is 0 Å². The topological polar surface area (TPSA) is 130 Å². The number of ether oxygens (including phenoxy) is 4. The molecule has 0 aromatic heterocycles. The average Bonchev–Trinajstić information content (AvgIpc) is 3.19. The van der Waals surface area contributed by atoms with E-state index in [1.54, 1.807) is 77.8 Å². The molecule has 0 bridgehead atoms. The lowest BCUT2D eigenvalue weighted by Gasteiger charge is -2.32. The molecular formula is C30H41N3O8. The number of rotatable bonds is 8. The molecule has 0 saturated heterocycles. The molecule has 0 radical (unpaired) electrons. The lowest BCUT2D eigenvalue weighted by Crippen LogP contribution is -2.41. The molecule has 0 aliphatic carbocycles. The van der Waals surface area contributed by atoms with Gasteiger partial charge in [0.1, 0.15) is 11.2 Å². The SMILES string of the molecule is CCOc1cc([C@@H](CCN(OC(=O)OC(C)(C)C)C(=O)OC(C)(C)C)N2Cc3cccc(N)c3C2=O)ccc1OC. The highest BCUT2D eigenvalue weighted by atomic mass is 16.8. The van der Waals surface area contributed by atoms with Crippen molar-refractivity contribution in [2.75, 3.05) is 26.0 Å². The van der Waals surface area contributed by atoms with Crippen LogP contribution in [-0.2, 0) is 20.9 Å². The summed E-state index contributed by atoms with van der Waals surface area (Å²) in [5.74, 6) is 0.808. The molecule has 0 unspecified atom stereocenters. The summed E-state index contributed by atoms with van der Waals surface area (Å²) >= 11 is 0. The van der Waals surface area contributed by atoms with Crippen LogP contribution in [0.2, 0.25) is 0 Å². The second kappa shape index (κ2) is 12.6. The third-order valence-electron chi connectivity index (χ3n) is 6.02. The zero-order valence-electron chi connectivity index (χ0n) is 25.1. The van der Waals surface area contributed by atoms with Crippen LogP contribution in [0.3, 0.4) is 0 Å². The van der Waals surface area contributed by atoms with Gasteiger partial charge in [-0.15, -0.1) is 5.06 Å². The molecule has 2 aromatic carbocycles. The van der Waals surface area contributed by atoms with Crippen molar-refractivity contribution in [3.8, 4) is 11.5 Å². The third kappa shape index (κ3) is 8.18. The lowest BCUT2D eigenvalue weighted by molar-refractivity contribution is -0.137. The van der Waals surface area contributed by atoms with Gasteiger partial charge in [-0.1, -0.05) is 18.2 Å². The molecule has 1 heterocycles. The highest BCUT2D eigenvalue weighted by molar-refractivity contribution is 6.03. The Morgan fingerprint density at radius 1 is 1.02 bits per heavy atom. The predicted octanol–water partition coefficient (Wildman–Crippen LogP) is 5.87. The molecule has 0 spiro atoms. The molecule has 0 saturated carbocycles. The summed E-state index contributed by atoms with van der Waals surface area (Å²) < 4.78 is 22.0. The van der Waals surface area contributed by atoms with Crippen LogP contribution in [0.4, 0.5) is 15.3 Å². The maximum Gasteiger partial charge on any atom is 0.534 e. The number of carbonyl (C=O) groups excluding carboxylic acids is 3. The average molecular weight is 572 g/mol. The molecule has 2 N–H and O–H groups in total. The van der Waals surface area contributed by atoms with E-state index in [0.717, 1.165) is 16.2 Å². The van der Waals surface area contributed by atoms with Gasteiger partial charge < -0.3 is 34.4 Å². The first-order valence-electron chi connectivity index (χ1n) is 13.5. The quantitative estimate of drug-likeness (QED) is 0.235. The number of nitrogen functional groups attached to an aromatic ring is 1.